The van der Waals surface area contributed by atoms with Gasteiger partial charge in [0.15, 0.2) is 0 Å². The Morgan fingerprint density at radius 2 is 2.04 bits per heavy atom. The Bertz CT molecular complexity index is 847. The normalized spacial score (nSPS) is 18.4. The number of imidazole rings is 1. The lowest BCUT2D eigenvalue weighted by atomic mass is 9.99. The van der Waals surface area contributed by atoms with Crippen molar-refractivity contribution in [2.75, 3.05) is 33.1 Å². The lowest BCUT2D eigenvalue weighted by molar-refractivity contribution is 0.0861. The van der Waals surface area contributed by atoms with Crippen LogP contribution in [-0.2, 0) is 34.1 Å². The van der Waals surface area contributed by atoms with Gasteiger partial charge in [0.25, 0.3) is 0 Å². The van der Waals surface area contributed by atoms with Gasteiger partial charge < -0.3 is 9.30 Å². The minimum absolute atomic E-state index is 0.181. The van der Waals surface area contributed by atoms with Gasteiger partial charge in [0, 0.05) is 33.0 Å². The number of hydrogen-bond donors (Lipinski definition) is 0. The minimum Gasteiger partial charge on any atom is -0.384 e. The largest absolute Gasteiger partial charge is 0.384 e. The molecule has 154 valence electrons. The van der Waals surface area contributed by atoms with Crippen molar-refractivity contribution in [2.45, 2.75) is 43.9 Å². The van der Waals surface area contributed by atoms with E-state index in [-0.39, 0.29) is 5.16 Å². The average Bonchev–Trinajstić information content (AvgIpc) is 3.06. The Morgan fingerprint density at radius 3 is 2.75 bits per heavy atom. The number of ether oxygens (including phenoxy) is 1. The molecule has 1 fully saturated rings. The molecule has 6 nitrogen and oxygen atoms in total. The van der Waals surface area contributed by atoms with E-state index in [4.69, 9.17) is 4.74 Å². The van der Waals surface area contributed by atoms with E-state index in [2.05, 4.69) is 22.0 Å². The monoisotopic (exact) mass is 405 g/mol. The number of hydrogen-bond acceptors (Lipinski definition) is 5. The van der Waals surface area contributed by atoms with Crippen LogP contribution in [0.3, 0.4) is 0 Å². The predicted molar refractivity (Wildman–Crippen MR) is 110 cm³/mol. The number of likely N-dealkylation sites (tertiary alicyclic amines) is 1. The Kier molecular flexibility index (Phi) is 7.26. The first-order valence-corrected chi connectivity index (χ1v) is 11.9. The van der Waals surface area contributed by atoms with Gasteiger partial charge in [-0.05, 0) is 43.7 Å². The van der Waals surface area contributed by atoms with E-state index in [1.54, 1.807) is 13.3 Å². The molecule has 1 aliphatic heterocycles. The van der Waals surface area contributed by atoms with E-state index in [1.165, 1.54) is 18.2 Å². The van der Waals surface area contributed by atoms with E-state index in [0.29, 0.717) is 12.5 Å². The Labute approximate surface area is 168 Å². The van der Waals surface area contributed by atoms with Crippen molar-refractivity contribution >= 4 is 9.84 Å². The smallest absolute Gasteiger partial charge is 0.227 e. The molecule has 7 heteroatoms. The Hall–Kier alpha value is -1.70. The molecule has 0 N–H and O–H groups in total. The second-order valence-corrected chi connectivity index (χ2v) is 9.65. The van der Waals surface area contributed by atoms with Crippen molar-refractivity contribution in [3.63, 3.8) is 0 Å². The van der Waals surface area contributed by atoms with Crippen molar-refractivity contribution < 1.29 is 13.2 Å². The van der Waals surface area contributed by atoms with Crippen LogP contribution in [0.2, 0.25) is 0 Å². The third kappa shape index (κ3) is 5.65. The molecular weight excluding hydrogens is 374 g/mol. The fourth-order valence-corrected chi connectivity index (χ4v) is 4.89. The van der Waals surface area contributed by atoms with Crippen molar-refractivity contribution in [1.29, 1.82) is 0 Å². The molecule has 2 heterocycles. The first-order valence-electron chi connectivity index (χ1n) is 9.97. The van der Waals surface area contributed by atoms with Gasteiger partial charge in [-0.2, -0.15) is 0 Å². The zero-order valence-corrected chi connectivity index (χ0v) is 17.7. The molecule has 0 radical (unpaired) electrons. The topological polar surface area (TPSA) is 64.4 Å². The molecule has 0 amide bonds. The molecule has 0 spiro atoms. The average molecular weight is 406 g/mol. The molecule has 1 saturated heterocycles. The van der Waals surface area contributed by atoms with Crippen molar-refractivity contribution in [2.24, 2.45) is 5.92 Å². The third-order valence-corrected chi connectivity index (χ3v) is 6.30. The highest BCUT2D eigenvalue weighted by molar-refractivity contribution is 7.90. The summed E-state index contributed by atoms with van der Waals surface area (Å²) in [5.74, 6) is 0.544. The number of methoxy groups -OCH3 is 1. The summed E-state index contributed by atoms with van der Waals surface area (Å²) >= 11 is 0. The van der Waals surface area contributed by atoms with E-state index < -0.39 is 9.84 Å². The molecule has 0 aliphatic carbocycles. The molecule has 0 saturated carbocycles. The molecule has 0 bridgehead atoms. The summed E-state index contributed by atoms with van der Waals surface area (Å²) in [4.78, 5) is 6.65. The highest BCUT2D eigenvalue weighted by Crippen LogP contribution is 2.21. The van der Waals surface area contributed by atoms with Gasteiger partial charge in [-0.15, -0.1) is 0 Å². The highest BCUT2D eigenvalue weighted by Gasteiger charge is 2.23. The maximum Gasteiger partial charge on any atom is 0.227 e. The van der Waals surface area contributed by atoms with Gasteiger partial charge in [-0.3, -0.25) is 4.90 Å². The SMILES string of the molecule is COCC1CCCN(Cc2cnc(S(C)(=O)=O)n2CCCc2ccccc2)C1. The number of benzene rings is 1. The van der Waals surface area contributed by atoms with Crippen LogP contribution in [0.25, 0.3) is 0 Å². The van der Waals surface area contributed by atoms with Crippen LogP contribution in [0.5, 0.6) is 0 Å². The van der Waals surface area contributed by atoms with Gasteiger partial charge >= 0.3 is 0 Å². The molecule has 1 aromatic carbocycles. The summed E-state index contributed by atoms with van der Waals surface area (Å²) in [5.41, 5.74) is 2.25. The molecule has 1 atom stereocenters. The zero-order chi connectivity index (χ0) is 20.0. The number of nitrogens with zero attached hydrogens (tertiary/aromatic N) is 3. The summed E-state index contributed by atoms with van der Waals surface area (Å²) in [7, 11) is -1.61. The van der Waals surface area contributed by atoms with E-state index >= 15 is 0 Å². The van der Waals surface area contributed by atoms with Gasteiger partial charge in [0.2, 0.25) is 15.0 Å². The molecule has 1 aromatic heterocycles. The molecule has 1 unspecified atom stereocenters. The fourth-order valence-electron chi connectivity index (χ4n) is 4.04. The summed E-state index contributed by atoms with van der Waals surface area (Å²) in [5, 5.41) is 0.181. The summed E-state index contributed by atoms with van der Waals surface area (Å²) < 4.78 is 31.7. The van der Waals surface area contributed by atoms with Crippen LogP contribution in [0, 0.1) is 5.92 Å². The second kappa shape index (κ2) is 9.67. The van der Waals surface area contributed by atoms with E-state index in [0.717, 1.165) is 51.2 Å². The number of aryl methyl sites for hydroxylation is 1. The maximum atomic E-state index is 12.2. The summed E-state index contributed by atoms with van der Waals surface area (Å²) in [6, 6.07) is 10.3. The minimum atomic E-state index is -3.35. The Balaban J connectivity index is 1.71. The molecule has 28 heavy (non-hydrogen) atoms. The number of rotatable bonds is 9. The van der Waals surface area contributed by atoms with Crippen LogP contribution in [0.15, 0.2) is 41.7 Å². The third-order valence-electron chi connectivity index (χ3n) is 5.31. The number of piperidine rings is 1. The quantitative estimate of drug-likeness (QED) is 0.642. The highest BCUT2D eigenvalue weighted by atomic mass is 32.2. The lowest BCUT2D eigenvalue weighted by Gasteiger charge is -2.32. The van der Waals surface area contributed by atoms with Crippen molar-refractivity contribution in [3.8, 4) is 0 Å². The van der Waals surface area contributed by atoms with Crippen LogP contribution < -0.4 is 0 Å². The van der Waals surface area contributed by atoms with Crippen LogP contribution in [0.1, 0.15) is 30.5 Å². The van der Waals surface area contributed by atoms with Gasteiger partial charge in [0.1, 0.15) is 0 Å². The number of aromatic nitrogens is 2. The first kappa shape index (κ1) is 21.0. The lowest BCUT2D eigenvalue weighted by Crippen LogP contribution is -2.37. The van der Waals surface area contributed by atoms with E-state index in [1.807, 2.05) is 22.8 Å². The second-order valence-electron chi connectivity index (χ2n) is 7.74. The van der Waals surface area contributed by atoms with Gasteiger partial charge in [-0.1, -0.05) is 30.3 Å². The molecule has 1 aliphatic rings. The summed E-state index contributed by atoms with van der Waals surface area (Å²) in [6.45, 7) is 4.18. The van der Waals surface area contributed by atoms with Gasteiger partial charge in [0.05, 0.1) is 18.5 Å². The first-order chi connectivity index (χ1) is 13.5. The Morgan fingerprint density at radius 1 is 1.25 bits per heavy atom. The predicted octanol–water partition coefficient (Wildman–Crippen LogP) is 2.78. The van der Waals surface area contributed by atoms with Crippen LogP contribution in [-0.4, -0.2) is 55.9 Å². The molecule has 2 aromatic rings. The molecular formula is C21H31N3O3S. The van der Waals surface area contributed by atoms with Crippen molar-refractivity contribution in [3.05, 3.63) is 47.8 Å². The standard InChI is InChI=1S/C21H31N3O3S/c1-27-17-19-11-6-12-23(15-19)16-20-14-22-21(28(2,25)26)24(20)13-7-10-18-8-4-3-5-9-18/h3-5,8-9,14,19H,6-7,10-13,15-17H2,1-2H3. The van der Waals surface area contributed by atoms with Gasteiger partial charge in [-0.25, -0.2) is 13.4 Å². The van der Waals surface area contributed by atoms with E-state index in [9.17, 15) is 8.42 Å². The van der Waals surface area contributed by atoms with Crippen LogP contribution in [0.4, 0.5) is 0 Å². The summed E-state index contributed by atoms with van der Waals surface area (Å²) in [6.07, 6.45) is 7.11. The molecule has 3 rings (SSSR count). The van der Waals surface area contributed by atoms with Crippen LogP contribution >= 0.6 is 0 Å². The maximum absolute atomic E-state index is 12.2. The number of sulfone groups is 1. The zero-order valence-electron chi connectivity index (χ0n) is 16.9. The fraction of sp³-hybridized carbons (Fsp3) is 0.571. The van der Waals surface area contributed by atoms with Crippen molar-refractivity contribution in [1.82, 2.24) is 14.5 Å².